The first-order valence-electron chi connectivity index (χ1n) is 9.81. The second kappa shape index (κ2) is 6.89. The predicted octanol–water partition coefficient (Wildman–Crippen LogP) is 5.61. The van der Waals surface area contributed by atoms with Crippen LogP contribution in [-0.2, 0) is 0 Å². The van der Waals surface area contributed by atoms with Gasteiger partial charge in [-0.2, -0.15) is 0 Å². The highest BCUT2D eigenvalue weighted by Gasteiger charge is 2.31. The molecule has 1 aromatic rings. The molecule has 0 spiro atoms. The molecular formula is C21H30FN3. The molecule has 1 unspecified atom stereocenters. The monoisotopic (exact) mass is 343 g/mol. The fourth-order valence-corrected chi connectivity index (χ4v) is 4.15. The Kier molecular flexibility index (Phi) is 4.61. The summed E-state index contributed by atoms with van der Waals surface area (Å²) in [6.45, 7) is 4.58. The SMILES string of the molecule is CC1CCC(Nc2ncc(F)c(C3=CCC(C)C(C4CC4)=C3)n2)CC1.[HH]. The molecule has 1 heterocycles. The summed E-state index contributed by atoms with van der Waals surface area (Å²) in [5.41, 5.74) is 2.86. The van der Waals surface area contributed by atoms with Gasteiger partial charge in [-0.3, -0.25) is 0 Å². The van der Waals surface area contributed by atoms with E-state index in [-0.39, 0.29) is 7.24 Å². The molecule has 1 aromatic heterocycles. The first kappa shape index (κ1) is 16.7. The minimum absolute atomic E-state index is 0. The van der Waals surface area contributed by atoms with Crippen molar-refractivity contribution in [3.8, 4) is 0 Å². The zero-order chi connectivity index (χ0) is 17.4. The average molecular weight is 343 g/mol. The van der Waals surface area contributed by atoms with Crippen LogP contribution < -0.4 is 5.32 Å². The van der Waals surface area contributed by atoms with E-state index < -0.39 is 0 Å². The van der Waals surface area contributed by atoms with Gasteiger partial charge in [0.1, 0.15) is 5.69 Å². The minimum Gasteiger partial charge on any atom is -0.351 e. The number of anilines is 1. The maximum absolute atomic E-state index is 14.4. The fraction of sp³-hybridized carbons (Fsp3) is 0.619. The topological polar surface area (TPSA) is 37.8 Å². The number of aromatic nitrogens is 2. The van der Waals surface area contributed by atoms with E-state index >= 15 is 0 Å². The molecule has 0 bridgehead atoms. The van der Waals surface area contributed by atoms with Crippen molar-refractivity contribution in [1.82, 2.24) is 9.97 Å². The highest BCUT2D eigenvalue weighted by Crippen LogP contribution is 2.44. The van der Waals surface area contributed by atoms with E-state index in [1.807, 2.05) is 0 Å². The van der Waals surface area contributed by atoms with Crippen molar-refractivity contribution in [3.05, 3.63) is 35.4 Å². The molecule has 0 radical (unpaired) electrons. The van der Waals surface area contributed by atoms with Gasteiger partial charge in [-0.25, -0.2) is 14.4 Å². The fourth-order valence-electron chi connectivity index (χ4n) is 4.15. The van der Waals surface area contributed by atoms with E-state index in [1.54, 1.807) is 0 Å². The third kappa shape index (κ3) is 3.78. The van der Waals surface area contributed by atoms with Gasteiger partial charge in [0.25, 0.3) is 0 Å². The highest BCUT2D eigenvalue weighted by molar-refractivity contribution is 5.74. The van der Waals surface area contributed by atoms with Crippen molar-refractivity contribution in [1.29, 1.82) is 0 Å². The van der Waals surface area contributed by atoms with Crippen LogP contribution in [0.5, 0.6) is 0 Å². The molecule has 4 rings (SSSR count). The van der Waals surface area contributed by atoms with Crippen molar-refractivity contribution < 1.29 is 5.82 Å². The molecule has 0 aromatic carbocycles. The van der Waals surface area contributed by atoms with Crippen LogP contribution in [0, 0.1) is 23.6 Å². The largest absolute Gasteiger partial charge is 0.351 e. The summed E-state index contributed by atoms with van der Waals surface area (Å²) in [5.74, 6) is 2.34. The van der Waals surface area contributed by atoms with Gasteiger partial charge in [0.05, 0.1) is 6.20 Å². The molecular weight excluding hydrogens is 313 g/mol. The van der Waals surface area contributed by atoms with E-state index in [0.717, 1.165) is 30.8 Å². The summed E-state index contributed by atoms with van der Waals surface area (Å²) >= 11 is 0. The maximum atomic E-state index is 14.4. The number of hydrogen-bond acceptors (Lipinski definition) is 3. The summed E-state index contributed by atoms with van der Waals surface area (Å²) in [5, 5.41) is 3.43. The minimum atomic E-state index is -0.324. The molecule has 136 valence electrons. The number of rotatable bonds is 4. The second-order valence-electron chi connectivity index (χ2n) is 8.21. The Morgan fingerprint density at radius 3 is 2.60 bits per heavy atom. The number of allylic oxidation sites excluding steroid dienone is 4. The third-order valence-corrected chi connectivity index (χ3v) is 6.00. The van der Waals surface area contributed by atoms with Crippen molar-refractivity contribution in [2.24, 2.45) is 17.8 Å². The Balaban J connectivity index is 0.00000196. The van der Waals surface area contributed by atoms with E-state index in [9.17, 15) is 4.39 Å². The van der Waals surface area contributed by atoms with Crippen LogP contribution in [-0.4, -0.2) is 16.0 Å². The predicted molar refractivity (Wildman–Crippen MR) is 102 cm³/mol. The van der Waals surface area contributed by atoms with Crippen LogP contribution in [0.15, 0.2) is 23.9 Å². The number of nitrogens with one attached hydrogen (secondary N) is 1. The maximum Gasteiger partial charge on any atom is 0.223 e. The number of nitrogens with zero attached hydrogens (tertiary/aromatic N) is 2. The second-order valence-corrected chi connectivity index (χ2v) is 8.21. The lowest BCUT2D eigenvalue weighted by Gasteiger charge is -2.27. The first-order valence-corrected chi connectivity index (χ1v) is 9.81. The molecule has 3 aliphatic rings. The lowest BCUT2D eigenvalue weighted by atomic mass is 9.86. The number of hydrogen-bond donors (Lipinski definition) is 1. The average Bonchev–Trinajstić information content (AvgIpc) is 3.44. The molecule has 2 saturated carbocycles. The normalized spacial score (nSPS) is 29.8. The number of halogens is 1. The Morgan fingerprint density at radius 2 is 1.88 bits per heavy atom. The molecule has 0 amide bonds. The van der Waals surface area contributed by atoms with Crippen molar-refractivity contribution in [2.75, 3.05) is 5.32 Å². The molecule has 4 heteroatoms. The summed E-state index contributed by atoms with van der Waals surface area (Å²) in [7, 11) is 0. The van der Waals surface area contributed by atoms with Gasteiger partial charge in [0, 0.05) is 7.47 Å². The molecule has 1 atom stereocenters. The zero-order valence-electron chi connectivity index (χ0n) is 15.3. The van der Waals surface area contributed by atoms with Crippen LogP contribution >= 0.6 is 0 Å². The van der Waals surface area contributed by atoms with Crippen LogP contribution in [0.2, 0.25) is 0 Å². The molecule has 0 aliphatic heterocycles. The van der Waals surface area contributed by atoms with E-state index in [4.69, 9.17) is 0 Å². The molecule has 3 nitrogen and oxygen atoms in total. The summed E-state index contributed by atoms with van der Waals surface area (Å²) < 4.78 is 14.4. The smallest absolute Gasteiger partial charge is 0.223 e. The Hall–Kier alpha value is -1.71. The van der Waals surface area contributed by atoms with Gasteiger partial charge in [-0.15, -0.1) is 0 Å². The van der Waals surface area contributed by atoms with Gasteiger partial charge >= 0.3 is 0 Å². The van der Waals surface area contributed by atoms with Crippen molar-refractivity contribution >= 4 is 11.5 Å². The lowest BCUT2D eigenvalue weighted by Crippen LogP contribution is -2.26. The van der Waals surface area contributed by atoms with E-state index in [0.29, 0.717) is 29.5 Å². The summed E-state index contributed by atoms with van der Waals surface area (Å²) in [6.07, 6.45) is 13.9. The van der Waals surface area contributed by atoms with Crippen LogP contribution in [0.4, 0.5) is 10.3 Å². The van der Waals surface area contributed by atoms with E-state index in [1.165, 1.54) is 37.5 Å². The third-order valence-electron chi connectivity index (χ3n) is 6.00. The first-order chi connectivity index (χ1) is 12.1. The van der Waals surface area contributed by atoms with Crippen LogP contribution in [0.1, 0.15) is 65.9 Å². The molecule has 0 saturated heterocycles. The van der Waals surface area contributed by atoms with Crippen LogP contribution in [0.25, 0.3) is 5.57 Å². The summed E-state index contributed by atoms with van der Waals surface area (Å²) in [4.78, 5) is 8.72. The van der Waals surface area contributed by atoms with Crippen molar-refractivity contribution in [2.45, 2.75) is 64.8 Å². The quantitative estimate of drug-likeness (QED) is 0.772. The Morgan fingerprint density at radius 1 is 1.12 bits per heavy atom. The Labute approximate surface area is 151 Å². The van der Waals surface area contributed by atoms with Crippen LogP contribution in [0.3, 0.4) is 0 Å². The summed E-state index contributed by atoms with van der Waals surface area (Å²) in [6, 6.07) is 0.410. The van der Waals surface area contributed by atoms with Gasteiger partial charge in [0.2, 0.25) is 5.95 Å². The molecule has 25 heavy (non-hydrogen) atoms. The zero-order valence-corrected chi connectivity index (χ0v) is 15.3. The van der Waals surface area contributed by atoms with Gasteiger partial charge < -0.3 is 5.32 Å². The molecule has 2 fully saturated rings. The highest BCUT2D eigenvalue weighted by atomic mass is 19.1. The Bertz CT molecular complexity index is 703. The lowest BCUT2D eigenvalue weighted by molar-refractivity contribution is 0.360. The molecule has 3 aliphatic carbocycles. The van der Waals surface area contributed by atoms with Crippen molar-refractivity contribution in [3.63, 3.8) is 0 Å². The standard InChI is InChI=1S/C21H28FN3.H2/c1-13-3-9-17(10-4-13)24-21-23-12-19(22)20(25-21)16-6-5-14(2)18(11-16)15-7-8-15;/h6,11-15,17H,3-5,7-10H2,1-2H3,(H,23,24,25);1H. The van der Waals surface area contributed by atoms with Gasteiger partial charge in [-0.1, -0.05) is 31.6 Å². The van der Waals surface area contributed by atoms with Gasteiger partial charge in [0.15, 0.2) is 5.82 Å². The molecule has 1 N–H and O–H groups in total. The van der Waals surface area contributed by atoms with E-state index in [2.05, 4.69) is 41.3 Å². The van der Waals surface area contributed by atoms with Gasteiger partial charge in [-0.05, 0) is 68.3 Å².